The molecule has 1 N–H and O–H groups in total. The Morgan fingerprint density at radius 2 is 1.80 bits per heavy atom. The monoisotopic (exact) mass is 491 g/mol. The molecule has 35 heavy (non-hydrogen) atoms. The van der Waals surface area contributed by atoms with Crippen LogP contribution in [-0.4, -0.2) is 71.6 Å². The lowest BCUT2D eigenvalue weighted by atomic mass is 10.1. The molecule has 3 heterocycles. The lowest BCUT2D eigenvalue weighted by molar-refractivity contribution is 0.122. The molecule has 0 bridgehead atoms. The average molecular weight is 492 g/mol. The number of hydrogen-bond donors (Lipinski definition) is 1. The fourth-order valence-corrected chi connectivity index (χ4v) is 4.36. The third-order valence-corrected chi connectivity index (χ3v) is 6.40. The zero-order chi connectivity index (χ0) is 24.4. The zero-order valence-corrected chi connectivity index (χ0v) is 21.1. The summed E-state index contributed by atoms with van der Waals surface area (Å²) in [5.74, 6) is 1.43. The molecule has 8 nitrogen and oxygen atoms in total. The maximum atomic E-state index is 6.06. The van der Waals surface area contributed by atoms with Gasteiger partial charge < -0.3 is 19.9 Å². The minimum absolute atomic E-state index is 0.671. The number of hydrogen-bond acceptors (Lipinski definition) is 7. The molecule has 1 aliphatic heterocycles. The molecular formula is C26H30ClN7O. The second-order valence-electron chi connectivity index (χ2n) is 9.03. The average Bonchev–Trinajstić information content (AvgIpc) is 3.19. The SMILES string of the molecule is CN(C)CCc1nn(C)c2cc(-c3cc(Nc4ccc(Cl)cc4)nc(N4CCOCC4)n3)ccc12. The number of likely N-dealkylation sites (N-methyl/N-ethyl adjacent to an activating group) is 1. The summed E-state index contributed by atoms with van der Waals surface area (Å²) >= 11 is 6.06. The second-order valence-corrected chi connectivity index (χ2v) is 9.46. The molecule has 2 aromatic heterocycles. The van der Waals surface area contributed by atoms with Crippen molar-refractivity contribution in [1.29, 1.82) is 0 Å². The molecule has 9 heteroatoms. The number of morpholine rings is 1. The number of benzene rings is 2. The molecule has 1 fully saturated rings. The van der Waals surface area contributed by atoms with Crippen LogP contribution in [0.2, 0.25) is 5.02 Å². The minimum atomic E-state index is 0.671. The summed E-state index contributed by atoms with van der Waals surface area (Å²) in [5, 5.41) is 10.1. The van der Waals surface area contributed by atoms with Crippen LogP contribution in [0.1, 0.15) is 5.69 Å². The first kappa shape index (κ1) is 23.5. The first-order chi connectivity index (χ1) is 17.0. The number of fused-ring (bicyclic) bond motifs is 1. The number of nitrogens with one attached hydrogen (secondary N) is 1. The molecule has 1 aliphatic rings. The van der Waals surface area contributed by atoms with Gasteiger partial charge in [0.25, 0.3) is 0 Å². The largest absolute Gasteiger partial charge is 0.378 e. The molecule has 4 aromatic rings. The summed E-state index contributed by atoms with van der Waals surface area (Å²) in [6.07, 6.45) is 0.910. The molecule has 0 spiro atoms. The van der Waals surface area contributed by atoms with Crippen molar-refractivity contribution in [1.82, 2.24) is 24.6 Å². The number of rotatable bonds is 7. The van der Waals surface area contributed by atoms with Gasteiger partial charge in [-0.05, 0) is 44.4 Å². The smallest absolute Gasteiger partial charge is 0.228 e. The van der Waals surface area contributed by atoms with E-state index in [1.807, 2.05) is 42.1 Å². The predicted octanol–water partition coefficient (Wildman–Crippen LogP) is 4.37. The third-order valence-electron chi connectivity index (χ3n) is 6.14. The van der Waals surface area contributed by atoms with Crippen molar-refractivity contribution in [2.45, 2.75) is 6.42 Å². The minimum Gasteiger partial charge on any atom is -0.378 e. The van der Waals surface area contributed by atoms with Crippen molar-refractivity contribution in [2.75, 3.05) is 57.2 Å². The summed E-state index contributed by atoms with van der Waals surface area (Å²) in [5.41, 5.74) is 5.01. The topological polar surface area (TPSA) is 71.3 Å². The van der Waals surface area contributed by atoms with Crippen molar-refractivity contribution in [3.8, 4) is 11.3 Å². The Morgan fingerprint density at radius 3 is 2.54 bits per heavy atom. The number of aromatic nitrogens is 4. The van der Waals surface area contributed by atoms with Gasteiger partial charge in [-0.2, -0.15) is 10.1 Å². The molecule has 0 unspecified atom stereocenters. The van der Waals surface area contributed by atoms with Gasteiger partial charge in [0.1, 0.15) is 5.82 Å². The highest BCUT2D eigenvalue weighted by Gasteiger charge is 2.18. The molecule has 1 saturated heterocycles. The van der Waals surface area contributed by atoms with Gasteiger partial charge in [0.15, 0.2) is 0 Å². The summed E-state index contributed by atoms with van der Waals surface area (Å²) in [7, 11) is 6.16. The number of aryl methyl sites for hydroxylation is 1. The third kappa shape index (κ3) is 5.40. The molecule has 0 aliphatic carbocycles. The zero-order valence-electron chi connectivity index (χ0n) is 20.3. The van der Waals surface area contributed by atoms with Crippen LogP contribution in [0.25, 0.3) is 22.2 Å². The van der Waals surface area contributed by atoms with Gasteiger partial charge in [-0.15, -0.1) is 0 Å². The Bertz CT molecular complexity index is 1310. The lowest BCUT2D eigenvalue weighted by Gasteiger charge is -2.27. The van der Waals surface area contributed by atoms with Gasteiger partial charge in [0.2, 0.25) is 5.95 Å². The molecule has 182 valence electrons. The van der Waals surface area contributed by atoms with E-state index in [2.05, 4.69) is 47.4 Å². The molecule has 5 rings (SSSR count). The fourth-order valence-electron chi connectivity index (χ4n) is 4.24. The summed E-state index contributed by atoms with van der Waals surface area (Å²) < 4.78 is 7.49. The van der Waals surface area contributed by atoms with E-state index in [1.54, 1.807) is 0 Å². The van der Waals surface area contributed by atoms with Gasteiger partial charge in [-0.25, -0.2) is 4.98 Å². The van der Waals surface area contributed by atoms with Crippen LogP contribution in [0.3, 0.4) is 0 Å². The highest BCUT2D eigenvalue weighted by Crippen LogP contribution is 2.29. The molecule has 2 aromatic carbocycles. The van der Waals surface area contributed by atoms with Gasteiger partial charge in [-0.1, -0.05) is 23.7 Å². The normalized spacial score (nSPS) is 14.1. The molecule has 0 amide bonds. The first-order valence-corrected chi connectivity index (χ1v) is 12.2. The van der Waals surface area contributed by atoms with Crippen molar-refractivity contribution in [3.05, 3.63) is 59.2 Å². The van der Waals surface area contributed by atoms with Gasteiger partial charge in [0.05, 0.1) is 30.1 Å². The highest BCUT2D eigenvalue weighted by molar-refractivity contribution is 6.30. The van der Waals surface area contributed by atoms with E-state index in [4.69, 9.17) is 31.4 Å². The Balaban J connectivity index is 1.53. The van der Waals surface area contributed by atoms with Gasteiger partial charge in [-0.3, -0.25) is 4.68 Å². The molecule has 0 radical (unpaired) electrons. The first-order valence-electron chi connectivity index (χ1n) is 11.8. The van der Waals surface area contributed by atoms with Crippen LogP contribution in [0, 0.1) is 0 Å². The van der Waals surface area contributed by atoms with E-state index in [0.717, 1.165) is 60.0 Å². The highest BCUT2D eigenvalue weighted by atomic mass is 35.5. The lowest BCUT2D eigenvalue weighted by Crippen LogP contribution is -2.37. The number of ether oxygens (including phenoxy) is 1. The number of halogens is 1. The van der Waals surface area contributed by atoms with Crippen molar-refractivity contribution >= 4 is 40.0 Å². The van der Waals surface area contributed by atoms with Crippen LogP contribution >= 0.6 is 11.6 Å². The van der Waals surface area contributed by atoms with E-state index < -0.39 is 0 Å². The van der Waals surface area contributed by atoms with E-state index in [-0.39, 0.29) is 0 Å². The van der Waals surface area contributed by atoms with E-state index in [9.17, 15) is 0 Å². The predicted molar refractivity (Wildman–Crippen MR) is 142 cm³/mol. The van der Waals surface area contributed by atoms with E-state index in [0.29, 0.717) is 24.2 Å². The molecule has 0 saturated carbocycles. The van der Waals surface area contributed by atoms with E-state index in [1.165, 1.54) is 5.39 Å². The van der Waals surface area contributed by atoms with Gasteiger partial charge in [0, 0.05) is 60.8 Å². The Kier molecular flexibility index (Phi) is 6.86. The number of anilines is 3. The summed E-state index contributed by atoms with van der Waals surface area (Å²) in [6, 6.07) is 16.0. The van der Waals surface area contributed by atoms with Crippen molar-refractivity contribution in [2.24, 2.45) is 7.05 Å². The second kappa shape index (κ2) is 10.2. The fraction of sp³-hybridized carbons (Fsp3) is 0.346. The van der Waals surface area contributed by atoms with Crippen molar-refractivity contribution in [3.63, 3.8) is 0 Å². The Morgan fingerprint density at radius 1 is 1.03 bits per heavy atom. The van der Waals surface area contributed by atoms with Crippen LogP contribution in [0.4, 0.5) is 17.5 Å². The number of nitrogens with zero attached hydrogens (tertiary/aromatic N) is 6. The Hall–Kier alpha value is -3.20. The maximum Gasteiger partial charge on any atom is 0.228 e. The van der Waals surface area contributed by atoms with E-state index >= 15 is 0 Å². The Labute approximate surface area is 210 Å². The van der Waals surface area contributed by atoms with Gasteiger partial charge >= 0.3 is 0 Å². The van der Waals surface area contributed by atoms with Crippen LogP contribution in [0.15, 0.2) is 48.5 Å². The summed E-state index contributed by atoms with van der Waals surface area (Å²) in [6.45, 7) is 3.83. The van der Waals surface area contributed by atoms with Crippen LogP contribution in [0.5, 0.6) is 0 Å². The quantitative estimate of drug-likeness (QED) is 0.411. The standard InChI is InChI=1S/C26H30ClN7O/c1-32(2)11-10-22-21-9-4-18(16-24(21)33(3)31-22)23-17-25(28-20-7-5-19(27)6-8-20)30-26(29-23)34-12-14-35-15-13-34/h4-9,16-17H,10-15H2,1-3H3,(H,28,29,30). The molecular weight excluding hydrogens is 462 g/mol. The molecule has 0 atom stereocenters. The maximum absolute atomic E-state index is 6.06. The summed E-state index contributed by atoms with van der Waals surface area (Å²) in [4.78, 5) is 14.1. The van der Waals surface area contributed by atoms with Crippen LogP contribution < -0.4 is 10.2 Å². The van der Waals surface area contributed by atoms with Crippen LogP contribution in [-0.2, 0) is 18.2 Å². The van der Waals surface area contributed by atoms with Crippen molar-refractivity contribution < 1.29 is 4.74 Å².